The summed E-state index contributed by atoms with van der Waals surface area (Å²) in [4.78, 5) is 0. The van der Waals surface area contributed by atoms with Crippen LogP contribution in [0.4, 0.5) is 5.69 Å². The Bertz CT molecular complexity index is 546. The minimum atomic E-state index is 0.384. The Kier molecular flexibility index (Phi) is 4.33. The fraction of sp³-hybridized carbons (Fsp3) is 0.250. The van der Waals surface area contributed by atoms with Crippen LogP contribution in [0.2, 0.25) is 5.02 Å². The topological polar surface area (TPSA) is 35.2 Å². The molecule has 0 radical (unpaired) electrons. The first-order chi connectivity index (χ1) is 9.09. The molecule has 0 heterocycles. The van der Waals surface area contributed by atoms with Gasteiger partial charge in [-0.25, -0.2) is 0 Å². The molecular weight excluding hydrogens is 258 g/mol. The van der Waals surface area contributed by atoms with Gasteiger partial charge >= 0.3 is 0 Å². The van der Waals surface area contributed by atoms with Crippen molar-refractivity contribution < 1.29 is 4.74 Å². The van der Waals surface area contributed by atoms with Crippen LogP contribution in [0.15, 0.2) is 42.5 Å². The largest absolute Gasteiger partial charge is 0.488 e. The number of nitrogens with two attached hydrogens (primary N) is 1. The number of hydrogen-bond acceptors (Lipinski definition) is 2. The van der Waals surface area contributed by atoms with E-state index in [0.29, 0.717) is 23.2 Å². The minimum absolute atomic E-state index is 0.384. The van der Waals surface area contributed by atoms with Gasteiger partial charge in [0.05, 0.1) is 0 Å². The van der Waals surface area contributed by atoms with E-state index in [2.05, 4.69) is 19.9 Å². The highest BCUT2D eigenvalue weighted by atomic mass is 35.5. The second-order valence-corrected chi connectivity index (χ2v) is 5.20. The Morgan fingerprint density at radius 3 is 2.53 bits per heavy atom. The van der Waals surface area contributed by atoms with E-state index in [0.717, 1.165) is 11.3 Å². The van der Waals surface area contributed by atoms with Gasteiger partial charge in [0.2, 0.25) is 0 Å². The molecule has 0 aliphatic rings. The van der Waals surface area contributed by atoms with Gasteiger partial charge in [0.15, 0.2) is 0 Å². The summed E-state index contributed by atoms with van der Waals surface area (Å²) in [5.41, 5.74) is 8.60. The maximum absolute atomic E-state index is 6.14. The van der Waals surface area contributed by atoms with Gasteiger partial charge in [-0.2, -0.15) is 0 Å². The highest BCUT2D eigenvalue weighted by molar-refractivity contribution is 6.31. The molecule has 0 saturated carbocycles. The van der Waals surface area contributed by atoms with E-state index in [9.17, 15) is 0 Å². The molecule has 0 atom stereocenters. The molecule has 2 rings (SSSR count). The predicted molar refractivity (Wildman–Crippen MR) is 80.7 cm³/mol. The average molecular weight is 276 g/mol. The van der Waals surface area contributed by atoms with Crippen LogP contribution in [0.1, 0.15) is 30.9 Å². The molecule has 2 aromatic carbocycles. The Labute approximate surface area is 119 Å². The van der Waals surface area contributed by atoms with Gasteiger partial charge in [0, 0.05) is 16.3 Å². The fourth-order valence-electron chi connectivity index (χ4n) is 1.97. The lowest BCUT2D eigenvalue weighted by molar-refractivity contribution is 0.302. The number of nitrogen functional groups attached to an aromatic ring is 1. The van der Waals surface area contributed by atoms with Crippen LogP contribution in [0.3, 0.4) is 0 Å². The number of rotatable bonds is 4. The maximum atomic E-state index is 6.14. The second kappa shape index (κ2) is 5.98. The molecule has 0 bridgehead atoms. The Morgan fingerprint density at radius 2 is 1.84 bits per heavy atom. The third-order valence-electron chi connectivity index (χ3n) is 3.07. The quantitative estimate of drug-likeness (QED) is 0.826. The van der Waals surface area contributed by atoms with Gasteiger partial charge in [-0.05, 0) is 29.7 Å². The monoisotopic (exact) mass is 275 g/mol. The number of hydrogen-bond donors (Lipinski definition) is 1. The lowest BCUT2D eigenvalue weighted by Gasteiger charge is -2.15. The molecule has 0 saturated heterocycles. The van der Waals surface area contributed by atoms with E-state index in [1.54, 1.807) is 0 Å². The van der Waals surface area contributed by atoms with Crippen molar-refractivity contribution in [3.8, 4) is 5.75 Å². The number of ether oxygens (including phenoxy) is 1. The molecule has 0 aromatic heterocycles. The van der Waals surface area contributed by atoms with Crippen molar-refractivity contribution in [1.29, 1.82) is 0 Å². The molecule has 3 heteroatoms. The zero-order valence-corrected chi connectivity index (χ0v) is 11.9. The molecule has 2 N–H and O–H groups in total. The molecule has 2 nitrogen and oxygen atoms in total. The molecule has 0 amide bonds. The average Bonchev–Trinajstić information content (AvgIpc) is 2.38. The lowest BCUT2D eigenvalue weighted by atomic mass is 10.0. The fourth-order valence-corrected chi connectivity index (χ4v) is 2.20. The molecule has 100 valence electrons. The number of halogens is 1. The summed E-state index contributed by atoms with van der Waals surface area (Å²) in [5.74, 6) is 1.30. The van der Waals surface area contributed by atoms with Crippen molar-refractivity contribution in [3.63, 3.8) is 0 Å². The van der Waals surface area contributed by atoms with Crippen LogP contribution in [0.5, 0.6) is 5.75 Å². The van der Waals surface area contributed by atoms with Gasteiger partial charge in [-0.3, -0.25) is 0 Å². The van der Waals surface area contributed by atoms with Gasteiger partial charge < -0.3 is 10.5 Å². The molecule has 19 heavy (non-hydrogen) atoms. The van der Waals surface area contributed by atoms with E-state index in [4.69, 9.17) is 22.1 Å². The van der Waals surface area contributed by atoms with Crippen LogP contribution in [-0.4, -0.2) is 0 Å². The predicted octanol–water partition coefficient (Wildman–Crippen LogP) is 4.62. The molecule has 0 fully saturated rings. The molecule has 0 aliphatic heterocycles. The summed E-state index contributed by atoms with van der Waals surface area (Å²) < 4.78 is 5.88. The summed E-state index contributed by atoms with van der Waals surface area (Å²) >= 11 is 6.14. The summed E-state index contributed by atoms with van der Waals surface area (Å²) in [6.45, 7) is 4.67. The van der Waals surface area contributed by atoms with Crippen molar-refractivity contribution in [3.05, 3.63) is 58.6 Å². The summed E-state index contributed by atoms with van der Waals surface area (Å²) in [7, 11) is 0. The van der Waals surface area contributed by atoms with Crippen LogP contribution >= 0.6 is 11.6 Å². The molecule has 0 aliphatic carbocycles. The lowest BCUT2D eigenvalue weighted by Crippen LogP contribution is -2.03. The smallest absolute Gasteiger partial charge is 0.123 e. The first-order valence-corrected chi connectivity index (χ1v) is 6.72. The Hall–Kier alpha value is -1.67. The van der Waals surface area contributed by atoms with Crippen molar-refractivity contribution in [1.82, 2.24) is 0 Å². The van der Waals surface area contributed by atoms with Crippen molar-refractivity contribution in [2.75, 3.05) is 5.73 Å². The first kappa shape index (κ1) is 13.8. The Balaban J connectivity index is 2.19. The van der Waals surface area contributed by atoms with Crippen LogP contribution < -0.4 is 10.5 Å². The number of benzene rings is 2. The van der Waals surface area contributed by atoms with Gasteiger partial charge in [-0.15, -0.1) is 0 Å². The molecular formula is C16H18ClNO. The standard InChI is InChI=1S/C16H18ClNO/c1-11(2)12-6-3-4-9-16(12)19-10-13-14(17)7-5-8-15(13)18/h3-9,11H,10,18H2,1-2H3. The summed E-state index contributed by atoms with van der Waals surface area (Å²) in [6.07, 6.45) is 0. The molecule has 2 aromatic rings. The summed E-state index contributed by atoms with van der Waals surface area (Å²) in [5, 5.41) is 0.641. The van der Waals surface area contributed by atoms with Crippen molar-refractivity contribution in [2.24, 2.45) is 0 Å². The number of anilines is 1. The SMILES string of the molecule is CC(C)c1ccccc1OCc1c(N)cccc1Cl. The first-order valence-electron chi connectivity index (χ1n) is 6.34. The zero-order valence-electron chi connectivity index (χ0n) is 11.2. The normalized spacial score (nSPS) is 10.7. The van der Waals surface area contributed by atoms with Gasteiger partial charge in [0.1, 0.15) is 12.4 Å². The highest BCUT2D eigenvalue weighted by Crippen LogP contribution is 2.28. The maximum Gasteiger partial charge on any atom is 0.123 e. The zero-order chi connectivity index (χ0) is 13.8. The van der Waals surface area contributed by atoms with E-state index >= 15 is 0 Å². The van der Waals surface area contributed by atoms with E-state index in [-0.39, 0.29) is 0 Å². The van der Waals surface area contributed by atoms with E-state index < -0.39 is 0 Å². The van der Waals surface area contributed by atoms with Crippen LogP contribution in [0.25, 0.3) is 0 Å². The Morgan fingerprint density at radius 1 is 1.11 bits per heavy atom. The highest BCUT2D eigenvalue weighted by Gasteiger charge is 2.09. The van der Waals surface area contributed by atoms with Gasteiger partial charge in [0.25, 0.3) is 0 Å². The summed E-state index contributed by atoms with van der Waals surface area (Å²) in [6, 6.07) is 13.5. The third kappa shape index (κ3) is 3.21. The second-order valence-electron chi connectivity index (χ2n) is 4.79. The van der Waals surface area contributed by atoms with E-state index in [1.165, 1.54) is 5.56 Å². The van der Waals surface area contributed by atoms with E-state index in [1.807, 2.05) is 36.4 Å². The van der Waals surface area contributed by atoms with Crippen LogP contribution in [-0.2, 0) is 6.61 Å². The number of para-hydroxylation sites is 1. The molecule has 0 unspecified atom stereocenters. The van der Waals surface area contributed by atoms with Crippen LogP contribution in [0, 0.1) is 0 Å². The minimum Gasteiger partial charge on any atom is -0.488 e. The van der Waals surface area contributed by atoms with Crippen molar-refractivity contribution >= 4 is 17.3 Å². The molecule has 0 spiro atoms. The third-order valence-corrected chi connectivity index (χ3v) is 3.42. The van der Waals surface area contributed by atoms with Crippen molar-refractivity contribution in [2.45, 2.75) is 26.4 Å². The van der Waals surface area contributed by atoms with Gasteiger partial charge in [-0.1, -0.05) is 49.7 Å².